The molecule has 0 spiro atoms. The van der Waals surface area contributed by atoms with E-state index in [0.717, 1.165) is 32.1 Å². The molecule has 5 heteroatoms. The molecule has 0 radical (unpaired) electrons. The van der Waals surface area contributed by atoms with Gasteiger partial charge in [-0.2, -0.15) is 5.26 Å². The molecule has 0 bridgehead atoms. The topological polar surface area (TPSA) is 61.7 Å². The molecule has 0 aliphatic carbocycles. The van der Waals surface area contributed by atoms with E-state index < -0.39 is 0 Å². The van der Waals surface area contributed by atoms with Crippen LogP contribution in [0.2, 0.25) is 0 Å². The van der Waals surface area contributed by atoms with Crippen LogP contribution in [0.3, 0.4) is 0 Å². The van der Waals surface area contributed by atoms with Gasteiger partial charge in [-0.15, -0.1) is 0 Å². The van der Waals surface area contributed by atoms with Crippen LogP contribution in [-0.2, 0) is 0 Å². The fourth-order valence-corrected chi connectivity index (χ4v) is 3.80. The monoisotopic (exact) mass is 383 g/mol. The summed E-state index contributed by atoms with van der Waals surface area (Å²) >= 11 is 1.67. The van der Waals surface area contributed by atoms with Crippen LogP contribution in [0.1, 0.15) is 11.4 Å². The molecule has 4 nitrogen and oxygen atoms in total. The third-order valence-corrected chi connectivity index (χ3v) is 5.35. The Kier molecular flexibility index (Phi) is 5.14. The largest absolute Gasteiger partial charge is 0.497 e. The van der Waals surface area contributed by atoms with Gasteiger partial charge in [0.2, 0.25) is 0 Å². The fraction of sp³-hybridized carbons (Fsp3) is 0.0435. The molecule has 136 valence electrons. The summed E-state index contributed by atoms with van der Waals surface area (Å²) in [6.07, 6.45) is 1.88. The second-order valence-corrected chi connectivity index (χ2v) is 7.21. The molecule has 3 aromatic carbocycles. The van der Waals surface area contributed by atoms with Crippen molar-refractivity contribution in [1.29, 1.82) is 5.26 Å². The quantitative estimate of drug-likeness (QED) is 0.443. The van der Waals surface area contributed by atoms with E-state index in [1.165, 1.54) is 0 Å². The van der Waals surface area contributed by atoms with Gasteiger partial charge in [0.15, 0.2) is 0 Å². The van der Waals surface area contributed by atoms with E-state index in [1.54, 1.807) is 18.9 Å². The third-order valence-electron chi connectivity index (χ3n) is 4.25. The van der Waals surface area contributed by atoms with Crippen LogP contribution in [0.4, 0.5) is 0 Å². The molecule has 0 unspecified atom stereocenters. The van der Waals surface area contributed by atoms with Gasteiger partial charge >= 0.3 is 0 Å². The molecule has 0 atom stereocenters. The third kappa shape index (κ3) is 3.78. The average molecular weight is 383 g/mol. The lowest BCUT2D eigenvalue weighted by molar-refractivity contribution is 0.415. The maximum absolute atomic E-state index is 9.74. The summed E-state index contributed by atoms with van der Waals surface area (Å²) in [6, 6.07) is 26.1. The standard InChI is InChI=1S/C23H17N3OS/c1-27-18-11-12-20-21(14-18)26-23(25-20)17(15-24)13-16-7-5-6-10-22(16)28-19-8-3-2-4-9-19/h2-14H,1H3,(H,25,26). The number of methoxy groups -OCH3 is 1. The first-order chi connectivity index (χ1) is 13.8. The minimum Gasteiger partial charge on any atom is -0.497 e. The number of aromatic amines is 1. The summed E-state index contributed by atoms with van der Waals surface area (Å²) in [6.45, 7) is 0. The molecule has 28 heavy (non-hydrogen) atoms. The second kappa shape index (κ2) is 8.03. The van der Waals surface area contributed by atoms with Crippen molar-refractivity contribution in [3.05, 3.63) is 84.2 Å². The summed E-state index contributed by atoms with van der Waals surface area (Å²) in [5.74, 6) is 1.29. The summed E-state index contributed by atoms with van der Waals surface area (Å²) in [5, 5.41) is 9.74. The van der Waals surface area contributed by atoms with Gasteiger partial charge in [0.1, 0.15) is 17.6 Å². The molecule has 4 aromatic rings. The summed E-state index contributed by atoms with van der Waals surface area (Å²) in [7, 11) is 1.63. The van der Waals surface area contributed by atoms with Crippen LogP contribution in [-0.4, -0.2) is 17.1 Å². The van der Waals surface area contributed by atoms with Crippen molar-refractivity contribution >= 4 is 34.4 Å². The smallest absolute Gasteiger partial charge is 0.149 e. The molecular weight excluding hydrogens is 366 g/mol. The van der Waals surface area contributed by atoms with E-state index in [2.05, 4.69) is 34.2 Å². The molecule has 0 saturated heterocycles. The van der Waals surface area contributed by atoms with Gasteiger partial charge in [-0.25, -0.2) is 4.98 Å². The fourth-order valence-electron chi connectivity index (χ4n) is 2.86. The van der Waals surface area contributed by atoms with Crippen molar-refractivity contribution in [2.75, 3.05) is 7.11 Å². The first-order valence-corrected chi connectivity index (χ1v) is 9.56. The highest BCUT2D eigenvalue weighted by molar-refractivity contribution is 7.99. The zero-order valence-electron chi connectivity index (χ0n) is 15.2. The Labute approximate surface area is 167 Å². The van der Waals surface area contributed by atoms with Crippen molar-refractivity contribution in [3.8, 4) is 11.8 Å². The number of aromatic nitrogens is 2. The molecule has 1 aromatic heterocycles. The van der Waals surface area contributed by atoms with E-state index >= 15 is 0 Å². The van der Waals surface area contributed by atoms with Gasteiger partial charge in [-0.05, 0) is 42.0 Å². The molecule has 0 fully saturated rings. The Balaban J connectivity index is 1.72. The van der Waals surface area contributed by atoms with Crippen molar-refractivity contribution in [2.45, 2.75) is 9.79 Å². The van der Waals surface area contributed by atoms with E-state index in [1.807, 2.05) is 60.7 Å². The molecule has 1 N–H and O–H groups in total. The number of nitriles is 1. The maximum Gasteiger partial charge on any atom is 0.149 e. The molecular formula is C23H17N3OS. The number of nitrogens with zero attached hydrogens (tertiary/aromatic N) is 2. The van der Waals surface area contributed by atoms with Gasteiger partial charge in [0.05, 0.1) is 23.7 Å². The van der Waals surface area contributed by atoms with Crippen LogP contribution in [0.15, 0.2) is 82.6 Å². The van der Waals surface area contributed by atoms with Crippen molar-refractivity contribution in [1.82, 2.24) is 9.97 Å². The summed E-state index contributed by atoms with van der Waals surface area (Å²) in [4.78, 5) is 10.0. The van der Waals surface area contributed by atoms with E-state index in [0.29, 0.717) is 11.4 Å². The number of allylic oxidation sites excluding steroid dienone is 1. The van der Waals surface area contributed by atoms with Crippen LogP contribution in [0.5, 0.6) is 5.75 Å². The average Bonchev–Trinajstić information content (AvgIpc) is 3.16. The predicted molar refractivity (Wildman–Crippen MR) is 113 cm³/mol. The van der Waals surface area contributed by atoms with Crippen LogP contribution >= 0.6 is 11.8 Å². The first kappa shape index (κ1) is 17.9. The normalized spacial score (nSPS) is 11.4. The lowest BCUT2D eigenvalue weighted by atomic mass is 10.1. The minimum absolute atomic E-state index is 0.483. The molecule has 0 aliphatic rings. The van der Waals surface area contributed by atoms with Crippen LogP contribution in [0.25, 0.3) is 22.7 Å². The Morgan fingerprint density at radius 1 is 1.07 bits per heavy atom. The number of H-pyrrole nitrogens is 1. The molecule has 1 heterocycles. The summed E-state index contributed by atoms with van der Waals surface area (Å²) in [5.41, 5.74) is 3.09. The number of fused-ring (bicyclic) bond motifs is 1. The van der Waals surface area contributed by atoms with Gasteiger partial charge in [0, 0.05) is 15.9 Å². The zero-order valence-corrected chi connectivity index (χ0v) is 16.0. The van der Waals surface area contributed by atoms with Gasteiger partial charge < -0.3 is 9.72 Å². The lowest BCUT2D eigenvalue weighted by Gasteiger charge is -2.06. The Morgan fingerprint density at radius 2 is 1.86 bits per heavy atom. The number of nitrogens with one attached hydrogen (secondary N) is 1. The maximum atomic E-state index is 9.74. The zero-order chi connectivity index (χ0) is 19.3. The van der Waals surface area contributed by atoms with E-state index in [4.69, 9.17) is 4.74 Å². The number of ether oxygens (including phenoxy) is 1. The molecule has 0 saturated carbocycles. The number of hydrogen-bond donors (Lipinski definition) is 1. The number of rotatable bonds is 5. The van der Waals surface area contributed by atoms with Gasteiger partial charge in [0.25, 0.3) is 0 Å². The number of hydrogen-bond acceptors (Lipinski definition) is 4. The predicted octanol–water partition coefficient (Wildman–Crippen LogP) is 5.79. The van der Waals surface area contributed by atoms with E-state index in [9.17, 15) is 5.26 Å². The number of benzene rings is 3. The SMILES string of the molecule is COc1ccc2nc(C(C#N)=Cc3ccccc3Sc3ccccc3)[nH]c2c1. The van der Waals surface area contributed by atoms with Crippen LogP contribution in [0, 0.1) is 11.3 Å². The summed E-state index contributed by atoms with van der Waals surface area (Å²) < 4.78 is 5.26. The molecule has 0 amide bonds. The molecule has 4 rings (SSSR count). The van der Waals surface area contributed by atoms with Crippen molar-refractivity contribution in [2.24, 2.45) is 0 Å². The van der Waals surface area contributed by atoms with Gasteiger partial charge in [-0.3, -0.25) is 0 Å². The van der Waals surface area contributed by atoms with Crippen LogP contribution < -0.4 is 4.74 Å². The highest BCUT2D eigenvalue weighted by Crippen LogP contribution is 2.32. The van der Waals surface area contributed by atoms with Crippen molar-refractivity contribution < 1.29 is 4.74 Å². The second-order valence-electron chi connectivity index (χ2n) is 6.09. The number of imidazole rings is 1. The van der Waals surface area contributed by atoms with Gasteiger partial charge in [-0.1, -0.05) is 48.2 Å². The Hall–Kier alpha value is -3.49. The highest BCUT2D eigenvalue weighted by Gasteiger charge is 2.10. The molecule has 0 aliphatic heterocycles. The van der Waals surface area contributed by atoms with E-state index in [-0.39, 0.29) is 0 Å². The Bertz CT molecular complexity index is 1190. The first-order valence-electron chi connectivity index (χ1n) is 8.74. The van der Waals surface area contributed by atoms with Crippen molar-refractivity contribution in [3.63, 3.8) is 0 Å². The highest BCUT2D eigenvalue weighted by atomic mass is 32.2. The minimum atomic E-state index is 0.483. The Morgan fingerprint density at radius 3 is 2.64 bits per heavy atom. The lowest BCUT2D eigenvalue weighted by Crippen LogP contribution is -1.86.